The van der Waals surface area contributed by atoms with E-state index in [0.717, 1.165) is 17.7 Å². The highest BCUT2D eigenvalue weighted by molar-refractivity contribution is 5.75. The Morgan fingerprint density at radius 1 is 1.32 bits per heavy atom. The molecule has 1 amide bonds. The summed E-state index contributed by atoms with van der Waals surface area (Å²) in [6.07, 6.45) is 0.782. The van der Waals surface area contributed by atoms with E-state index in [2.05, 4.69) is 5.32 Å². The van der Waals surface area contributed by atoms with Gasteiger partial charge in [0, 0.05) is 6.92 Å². The Kier molecular flexibility index (Phi) is 5.85. The standard InChI is InChI=1S/C14H19NO4/c1-3-8-19-12-6-4-11(5-7-12)13(9-14(17)18)15-10(2)16/h4-7,13H,3,8-9H2,1-2H3,(H,15,16)(H,17,18)/t13-/m1/s1. The van der Waals surface area contributed by atoms with E-state index in [9.17, 15) is 9.59 Å². The predicted octanol–water partition coefficient (Wildman–Crippen LogP) is 2.13. The molecule has 0 aliphatic heterocycles. The van der Waals surface area contributed by atoms with E-state index in [1.54, 1.807) is 24.3 Å². The third kappa shape index (κ3) is 5.42. The maximum atomic E-state index is 11.1. The molecule has 5 nitrogen and oxygen atoms in total. The average Bonchev–Trinajstić information content (AvgIpc) is 2.35. The molecule has 1 atom stereocenters. The number of amides is 1. The zero-order valence-corrected chi connectivity index (χ0v) is 11.2. The molecule has 0 aliphatic carbocycles. The number of ether oxygens (including phenoxy) is 1. The fourth-order valence-electron chi connectivity index (χ4n) is 1.69. The van der Waals surface area contributed by atoms with Crippen LogP contribution < -0.4 is 10.1 Å². The summed E-state index contributed by atoms with van der Waals surface area (Å²) in [5.41, 5.74) is 0.751. The zero-order chi connectivity index (χ0) is 14.3. The largest absolute Gasteiger partial charge is 0.494 e. The minimum absolute atomic E-state index is 0.144. The summed E-state index contributed by atoms with van der Waals surface area (Å²) in [5.74, 6) is -0.467. The van der Waals surface area contributed by atoms with Gasteiger partial charge in [0.1, 0.15) is 5.75 Å². The van der Waals surface area contributed by atoms with Gasteiger partial charge in [-0.1, -0.05) is 19.1 Å². The van der Waals surface area contributed by atoms with E-state index >= 15 is 0 Å². The number of carbonyl (C=O) groups is 2. The first kappa shape index (κ1) is 15.0. The van der Waals surface area contributed by atoms with Gasteiger partial charge in [0.25, 0.3) is 0 Å². The van der Waals surface area contributed by atoms with Crippen LogP contribution in [0.4, 0.5) is 0 Å². The molecule has 0 unspecified atom stereocenters. The lowest BCUT2D eigenvalue weighted by Gasteiger charge is -2.16. The van der Waals surface area contributed by atoms with Gasteiger partial charge in [-0.3, -0.25) is 9.59 Å². The summed E-state index contributed by atoms with van der Waals surface area (Å²) in [7, 11) is 0. The molecule has 2 N–H and O–H groups in total. The van der Waals surface area contributed by atoms with Crippen LogP contribution in [-0.4, -0.2) is 23.6 Å². The quantitative estimate of drug-likeness (QED) is 0.792. The molecule has 0 radical (unpaired) electrons. The van der Waals surface area contributed by atoms with Crippen LogP contribution in [0.2, 0.25) is 0 Å². The van der Waals surface area contributed by atoms with Crippen molar-refractivity contribution in [3.63, 3.8) is 0 Å². The molecule has 19 heavy (non-hydrogen) atoms. The summed E-state index contributed by atoms with van der Waals surface area (Å²) in [6.45, 7) is 4.03. The number of hydrogen-bond donors (Lipinski definition) is 2. The summed E-state index contributed by atoms with van der Waals surface area (Å²) >= 11 is 0. The van der Waals surface area contributed by atoms with Crippen molar-refractivity contribution in [1.29, 1.82) is 0 Å². The van der Waals surface area contributed by atoms with Crippen LogP contribution in [-0.2, 0) is 9.59 Å². The number of nitrogens with one attached hydrogen (secondary N) is 1. The second-order valence-corrected chi connectivity index (χ2v) is 4.27. The van der Waals surface area contributed by atoms with Gasteiger partial charge in [-0.15, -0.1) is 0 Å². The first-order valence-corrected chi connectivity index (χ1v) is 6.24. The van der Waals surface area contributed by atoms with Gasteiger partial charge in [-0.05, 0) is 24.1 Å². The van der Waals surface area contributed by atoms with Crippen LogP contribution >= 0.6 is 0 Å². The van der Waals surface area contributed by atoms with Gasteiger partial charge in [0.2, 0.25) is 5.91 Å². The van der Waals surface area contributed by atoms with Gasteiger partial charge < -0.3 is 15.2 Å². The van der Waals surface area contributed by atoms with Crippen molar-refractivity contribution in [2.24, 2.45) is 0 Å². The first-order chi connectivity index (χ1) is 9.02. The lowest BCUT2D eigenvalue weighted by molar-refractivity contribution is -0.137. The van der Waals surface area contributed by atoms with Crippen LogP contribution in [0.1, 0.15) is 38.3 Å². The molecule has 5 heteroatoms. The molecule has 0 saturated carbocycles. The number of hydrogen-bond acceptors (Lipinski definition) is 3. The maximum absolute atomic E-state index is 11.1. The lowest BCUT2D eigenvalue weighted by Crippen LogP contribution is -2.27. The topological polar surface area (TPSA) is 75.6 Å². The highest BCUT2D eigenvalue weighted by Crippen LogP contribution is 2.20. The second-order valence-electron chi connectivity index (χ2n) is 4.27. The monoisotopic (exact) mass is 265 g/mol. The Balaban J connectivity index is 2.77. The van der Waals surface area contributed by atoms with E-state index < -0.39 is 12.0 Å². The summed E-state index contributed by atoms with van der Waals surface area (Å²) in [5, 5.41) is 11.5. The second kappa shape index (κ2) is 7.41. The molecule has 0 heterocycles. The minimum Gasteiger partial charge on any atom is -0.494 e. The predicted molar refractivity (Wildman–Crippen MR) is 71.0 cm³/mol. The Morgan fingerprint density at radius 2 is 1.95 bits per heavy atom. The third-order valence-corrected chi connectivity index (χ3v) is 2.51. The molecule has 0 saturated heterocycles. The highest BCUT2D eigenvalue weighted by atomic mass is 16.5. The molecular formula is C14H19NO4. The summed E-state index contributed by atoms with van der Waals surface area (Å²) in [4.78, 5) is 21.9. The number of rotatable bonds is 7. The molecule has 0 aromatic heterocycles. The van der Waals surface area contributed by atoms with E-state index in [-0.39, 0.29) is 12.3 Å². The van der Waals surface area contributed by atoms with Crippen molar-refractivity contribution in [3.8, 4) is 5.75 Å². The van der Waals surface area contributed by atoms with Crippen molar-refractivity contribution in [3.05, 3.63) is 29.8 Å². The molecular weight excluding hydrogens is 246 g/mol. The van der Waals surface area contributed by atoms with Crippen LogP contribution in [0, 0.1) is 0 Å². The molecule has 1 aromatic rings. The molecule has 1 aromatic carbocycles. The summed E-state index contributed by atoms with van der Waals surface area (Å²) in [6, 6.07) is 6.59. The van der Waals surface area contributed by atoms with Crippen LogP contribution in [0.5, 0.6) is 5.75 Å². The van der Waals surface area contributed by atoms with Crippen molar-refractivity contribution >= 4 is 11.9 Å². The molecule has 0 spiro atoms. The number of carboxylic acids is 1. The van der Waals surface area contributed by atoms with Crippen LogP contribution in [0.15, 0.2) is 24.3 Å². The first-order valence-electron chi connectivity index (χ1n) is 6.24. The fraction of sp³-hybridized carbons (Fsp3) is 0.429. The highest BCUT2D eigenvalue weighted by Gasteiger charge is 2.16. The summed E-state index contributed by atoms with van der Waals surface area (Å²) < 4.78 is 5.45. The van der Waals surface area contributed by atoms with Crippen LogP contribution in [0.3, 0.4) is 0 Å². The maximum Gasteiger partial charge on any atom is 0.305 e. The Bertz CT molecular complexity index is 412. The van der Waals surface area contributed by atoms with Gasteiger partial charge >= 0.3 is 5.97 Å². The fourth-order valence-corrected chi connectivity index (χ4v) is 1.69. The molecule has 0 aliphatic rings. The SMILES string of the molecule is CCCOc1ccc([C@@H](CC(=O)O)NC(C)=O)cc1. The van der Waals surface area contributed by atoms with E-state index in [4.69, 9.17) is 9.84 Å². The number of carbonyl (C=O) groups excluding carboxylic acids is 1. The number of carboxylic acid groups (broad SMARTS) is 1. The Hall–Kier alpha value is -2.04. The number of aliphatic carboxylic acids is 1. The lowest BCUT2D eigenvalue weighted by atomic mass is 10.0. The van der Waals surface area contributed by atoms with Gasteiger partial charge in [-0.2, -0.15) is 0 Å². The van der Waals surface area contributed by atoms with Crippen molar-refractivity contribution in [1.82, 2.24) is 5.32 Å². The van der Waals surface area contributed by atoms with Crippen molar-refractivity contribution < 1.29 is 19.4 Å². The van der Waals surface area contributed by atoms with Gasteiger partial charge in [0.05, 0.1) is 19.1 Å². The van der Waals surface area contributed by atoms with Gasteiger partial charge in [-0.25, -0.2) is 0 Å². The van der Waals surface area contributed by atoms with E-state index in [1.807, 2.05) is 6.92 Å². The van der Waals surface area contributed by atoms with Crippen LogP contribution in [0.25, 0.3) is 0 Å². The average molecular weight is 265 g/mol. The number of benzene rings is 1. The molecule has 104 valence electrons. The minimum atomic E-state index is -0.954. The van der Waals surface area contributed by atoms with Gasteiger partial charge in [0.15, 0.2) is 0 Å². The zero-order valence-electron chi connectivity index (χ0n) is 11.2. The van der Waals surface area contributed by atoms with E-state index in [0.29, 0.717) is 6.61 Å². The van der Waals surface area contributed by atoms with E-state index in [1.165, 1.54) is 6.92 Å². The molecule has 0 bridgehead atoms. The molecule has 1 rings (SSSR count). The Morgan fingerprint density at radius 3 is 2.42 bits per heavy atom. The smallest absolute Gasteiger partial charge is 0.305 e. The van der Waals surface area contributed by atoms with Crippen molar-refractivity contribution in [2.75, 3.05) is 6.61 Å². The third-order valence-electron chi connectivity index (χ3n) is 2.51. The Labute approximate surface area is 112 Å². The normalized spacial score (nSPS) is 11.7. The van der Waals surface area contributed by atoms with Crippen molar-refractivity contribution in [2.45, 2.75) is 32.7 Å². The molecule has 0 fully saturated rings.